The van der Waals surface area contributed by atoms with Gasteiger partial charge in [-0.1, -0.05) is 29.8 Å². The van der Waals surface area contributed by atoms with E-state index >= 15 is 0 Å². The molecule has 0 unspecified atom stereocenters. The highest BCUT2D eigenvalue weighted by Gasteiger charge is 2.17. The van der Waals surface area contributed by atoms with Crippen molar-refractivity contribution >= 4 is 11.6 Å². The molecule has 1 nitrogen and oxygen atoms in total. The van der Waals surface area contributed by atoms with Gasteiger partial charge >= 0.3 is 0 Å². The minimum Gasteiger partial charge on any atom is -0.340 e. The monoisotopic (exact) mass is 210 g/mol. The van der Waals surface area contributed by atoms with Crippen LogP contribution in [0.25, 0.3) is 0 Å². The minimum atomic E-state index is 0.839. The first-order valence-corrected chi connectivity index (χ1v) is 5.81. The number of hydrogen-bond acceptors (Lipinski definition) is 0. The van der Waals surface area contributed by atoms with Gasteiger partial charge in [-0.2, -0.15) is 0 Å². The van der Waals surface area contributed by atoms with Gasteiger partial charge < -0.3 is 5.32 Å². The summed E-state index contributed by atoms with van der Waals surface area (Å²) in [6.07, 6.45) is 5.57. The number of benzene rings is 1. The summed E-state index contributed by atoms with van der Waals surface area (Å²) in [5.74, 6) is 0. The van der Waals surface area contributed by atoms with Gasteiger partial charge in [0.05, 0.1) is 6.04 Å². The lowest BCUT2D eigenvalue weighted by Crippen LogP contribution is -2.87. The highest BCUT2D eigenvalue weighted by atomic mass is 35.5. The molecular weight excluding hydrogens is 194 g/mol. The van der Waals surface area contributed by atoms with Gasteiger partial charge in [0.1, 0.15) is 6.54 Å². The van der Waals surface area contributed by atoms with E-state index in [2.05, 4.69) is 17.4 Å². The lowest BCUT2D eigenvalue weighted by Gasteiger charge is -2.09. The topological polar surface area (TPSA) is 16.6 Å². The molecule has 2 heteroatoms. The lowest BCUT2D eigenvalue weighted by molar-refractivity contribution is -0.703. The average Bonchev–Trinajstić information content (AvgIpc) is 2.69. The quantitative estimate of drug-likeness (QED) is 0.789. The Morgan fingerprint density at radius 3 is 2.64 bits per heavy atom. The number of halogens is 1. The average molecular weight is 211 g/mol. The molecule has 14 heavy (non-hydrogen) atoms. The summed E-state index contributed by atoms with van der Waals surface area (Å²) in [6.45, 7) is 1.03. The summed E-state index contributed by atoms with van der Waals surface area (Å²) in [5.41, 5.74) is 1.26. The Morgan fingerprint density at radius 1 is 1.21 bits per heavy atom. The SMILES string of the molecule is Clc1ccccc1C[NH2+]C1CCCC1. The molecular formula is C12H17ClN+. The third-order valence-electron chi connectivity index (χ3n) is 3.03. The molecule has 0 aliphatic heterocycles. The van der Waals surface area contributed by atoms with E-state index in [0.717, 1.165) is 17.6 Å². The molecule has 0 saturated heterocycles. The van der Waals surface area contributed by atoms with Crippen LogP contribution in [-0.4, -0.2) is 6.04 Å². The van der Waals surface area contributed by atoms with E-state index in [1.165, 1.54) is 31.2 Å². The summed E-state index contributed by atoms with van der Waals surface area (Å²) >= 11 is 6.09. The summed E-state index contributed by atoms with van der Waals surface area (Å²) < 4.78 is 0. The van der Waals surface area contributed by atoms with Crippen molar-refractivity contribution in [3.63, 3.8) is 0 Å². The van der Waals surface area contributed by atoms with E-state index < -0.39 is 0 Å². The molecule has 76 valence electrons. The van der Waals surface area contributed by atoms with E-state index in [0.29, 0.717) is 0 Å². The van der Waals surface area contributed by atoms with Crippen LogP contribution in [0.15, 0.2) is 24.3 Å². The first kappa shape index (κ1) is 10.0. The molecule has 1 saturated carbocycles. The van der Waals surface area contributed by atoms with Crippen molar-refractivity contribution in [1.29, 1.82) is 0 Å². The molecule has 1 aliphatic rings. The smallest absolute Gasteiger partial charge is 0.103 e. The number of nitrogens with two attached hydrogens (primary N) is 1. The molecule has 1 aromatic carbocycles. The second kappa shape index (κ2) is 4.81. The van der Waals surface area contributed by atoms with E-state index in [1.54, 1.807) is 0 Å². The van der Waals surface area contributed by atoms with Crippen LogP contribution in [0, 0.1) is 0 Å². The van der Waals surface area contributed by atoms with E-state index in [-0.39, 0.29) is 0 Å². The van der Waals surface area contributed by atoms with Crippen molar-refractivity contribution in [2.24, 2.45) is 0 Å². The Morgan fingerprint density at radius 2 is 1.93 bits per heavy atom. The van der Waals surface area contributed by atoms with Gasteiger partial charge in [0.15, 0.2) is 0 Å². The molecule has 0 bridgehead atoms. The second-order valence-electron chi connectivity index (χ2n) is 4.08. The third kappa shape index (κ3) is 2.49. The maximum absolute atomic E-state index is 6.09. The minimum absolute atomic E-state index is 0.839. The van der Waals surface area contributed by atoms with Crippen LogP contribution in [0.5, 0.6) is 0 Å². The first-order valence-electron chi connectivity index (χ1n) is 5.43. The number of hydrogen-bond donors (Lipinski definition) is 1. The zero-order valence-electron chi connectivity index (χ0n) is 8.38. The predicted octanol–water partition coefficient (Wildman–Crippen LogP) is 2.35. The Bertz CT molecular complexity index is 292. The molecule has 0 heterocycles. The summed E-state index contributed by atoms with van der Waals surface area (Å²) in [7, 11) is 0. The molecule has 0 amide bonds. The number of quaternary nitrogens is 1. The van der Waals surface area contributed by atoms with Crippen LogP contribution >= 0.6 is 11.6 Å². The second-order valence-corrected chi connectivity index (χ2v) is 4.48. The molecule has 0 aromatic heterocycles. The van der Waals surface area contributed by atoms with Gasteiger partial charge in [0.25, 0.3) is 0 Å². The standard InChI is InChI=1S/C12H16ClN/c13-12-8-4-1-5-10(12)9-14-11-6-2-3-7-11/h1,4-5,8,11,14H,2-3,6-7,9H2/p+1. The zero-order valence-corrected chi connectivity index (χ0v) is 9.13. The van der Waals surface area contributed by atoms with Crippen molar-refractivity contribution in [1.82, 2.24) is 0 Å². The number of rotatable bonds is 3. The van der Waals surface area contributed by atoms with Crippen LogP contribution in [0.2, 0.25) is 5.02 Å². The highest BCUT2D eigenvalue weighted by Crippen LogP contribution is 2.16. The van der Waals surface area contributed by atoms with Gasteiger partial charge in [-0.25, -0.2) is 0 Å². The molecule has 2 rings (SSSR count). The molecule has 0 spiro atoms. The van der Waals surface area contributed by atoms with Gasteiger partial charge in [-0.05, 0) is 31.7 Å². The fourth-order valence-corrected chi connectivity index (χ4v) is 2.36. The normalized spacial score (nSPS) is 17.5. The largest absolute Gasteiger partial charge is 0.340 e. The maximum atomic E-state index is 6.09. The Kier molecular flexibility index (Phi) is 3.44. The van der Waals surface area contributed by atoms with Gasteiger partial charge in [0.2, 0.25) is 0 Å². The third-order valence-corrected chi connectivity index (χ3v) is 3.40. The Hall–Kier alpha value is -0.530. The molecule has 1 aromatic rings. The van der Waals surface area contributed by atoms with Crippen molar-refractivity contribution in [3.05, 3.63) is 34.9 Å². The van der Waals surface area contributed by atoms with E-state index in [9.17, 15) is 0 Å². The van der Waals surface area contributed by atoms with Crippen molar-refractivity contribution < 1.29 is 5.32 Å². The fraction of sp³-hybridized carbons (Fsp3) is 0.500. The van der Waals surface area contributed by atoms with Gasteiger partial charge in [-0.3, -0.25) is 0 Å². The van der Waals surface area contributed by atoms with Crippen LogP contribution in [0.4, 0.5) is 0 Å². The van der Waals surface area contributed by atoms with Crippen LogP contribution in [0.1, 0.15) is 31.2 Å². The van der Waals surface area contributed by atoms with Crippen LogP contribution in [0.3, 0.4) is 0 Å². The summed E-state index contributed by atoms with van der Waals surface area (Å²) in [4.78, 5) is 0. The summed E-state index contributed by atoms with van der Waals surface area (Å²) in [5, 5.41) is 3.34. The van der Waals surface area contributed by atoms with E-state index in [4.69, 9.17) is 11.6 Å². The first-order chi connectivity index (χ1) is 6.86. The highest BCUT2D eigenvalue weighted by molar-refractivity contribution is 6.31. The fourth-order valence-electron chi connectivity index (χ4n) is 2.15. The van der Waals surface area contributed by atoms with Crippen molar-refractivity contribution in [3.8, 4) is 0 Å². The van der Waals surface area contributed by atoms with Crippen molar-refractivity contribution in [2.75, 3.05) is 0 Å². The van der Waals surface area contributed by atoms with Gasteiger partial charge in [-0.15, -0.1) is 0 Å². The predicted molar refractivity (Wildman–Crippen MR) is 59.3 cm³/mol. The molecule has 1 fully saturated rings. The Balaban J connectivity index is 1.88. The molecule has 0 radical (unpaired) electrons. The zero-order chi connectivity index (χ0) is 9.80. The molecule has 0 atom stereocenters. The van der Waals surface area contributed by atoms with Crippen molar-refractivity contribution in [2.45, 2.75) is 38.3 Å². The lowest BCUT2D eigenvalue weighted by atomic mass is 10.2. The summed E-state index contributed by atoms with van der Waals surface area (Å²) in [6, 6.07) is 8.98. The van der Waals surface area contributed by atoms with Crippen LogP contribution < -0.4 is 5.32 Å². The molecule has 2 N–H and O–H groups in total. The Labute approximate surface area is 90.5 Å². The van der Waals surface area contributed by atoms with Gasteiger partial charge in [0, 0.05) is 10.6 Å². The van der Waals surface area contributed by atoms with Crippen LogP contribution in [-0.2, 0) is 6.54 Å². The van der Waals surface area contributed by atoms with E-state index in [1.807, 2.05) is 12.1 Å². The maximum Gasteiger partial charge on any atom is 0.103 e. The molecule has 1 aliphatic carbocycles.